The lowest BCUT2D eigenvalue weighted by Gasteiger charge is -2.34. The SMILES string of the molecule is CCOCc1cnc2n1CCN(Cc1c(C)noc1C)C2C. The van der Waals surface area contributed by atoms with Crippen LogP contribution in [0.25, 0.3) is 0 Å². The molecule has 0 radical (unpaired) electrons. The third-order valence-electron chi connectivity index (χ3n) is 4.50. The first-order valence-corrected chi connectivity index (χ1v) is 7.89. The van der Waals surface area contributed by atoms with E-state index in [1.165, 1.54) is 11.3 Å². The van der Waals surface area contributed by atoms with Crippen molar-refractivity contribution in [2.45, 2.75) is 53.4 Å². The summed E-state index contributed by atoms with van der Waals surface area (Å²) in [6.45, 7) is 12.4. The highest BCUT2D eigenvalue weighted by atomic mass is 16.5. The predicted molar refractivity (Wildman–Crippen MR) is 82.4 cm³/mol. The van der Waals surface area contributed by atoms with Gasteiger partial charge in [-0.25, -0.2) is 4.98 Å². The molecule has 3 rings (SSSR count). The molecule has 0 fully saturated rings. The Labute approximate surface area is 131 Å². The van der Waals surface area contributed by atoms with Crippen LogP contribution in [-0.4, -0.2) is 32.8 Å². The molecule has 1 unspecified atom stereocenters. The zero-order valence-electron chi connectivity index (χ0n) is 13.8. The molecule has 0 aromatic carbocycles. The number of hydrogen-bond acceptors (Lipinski definition) is 5. The summed E-state index contributed by atoms with van der Waals surface area (Å²) < 4.78 is 13.1. The van der Waals surface area contributed by atoms with Crippen molar-refractivity contribution in [3.8, 4) is 0 Å². The van der Waals surface area contributed by atoms with Crippen molar-refractivity contribution < 1.29 is 9.26 Å². The largest absolute Gasteiger partial charge is 0.375 e. The highest BCUT2D eigenvalue weighted by Gasteiger charge is 2.28. The fraction of sp³-hybridized carbons (Fsp3) is 0.625. The number of aryl methyl sites for hydroxylation is 2. The van der Waals surface area contributed by atoms with Crippen molar-refractivity contribution in [1.82, 2.24) is 19.6 Å². The van der Waals surface area contributed by atoms with E-state index in [0.717, 1.165) is 43.5 Å². The summed E-state index contributed by atoms with van der Waals surface area (Å²) in [4.78, 5) is 7.05. The molecule has 6 nitrogen and oxygen atoms in total. The van der Waals surface area contributed by atoms with Crippen molar-refractivity contribution in [3.05, 3.63) is 34.7 Å². The number of hydrogen-bond donors (Lipinski definition) is 0. The normalized spacial score (nSPS) is 18.6. The molecule has 1 atom stereocenters. The van der Waals surface area contributed by atoms with Crippen LogP contribution in [0, 0.1) is 13.8 Å². The second-order valence-corrected chi connectivity index (χ2v) is 5.85. The molecule has 0 spiro atoms. The van der Waals surface area contributed by atoms with Crippen LogP contribution in [0.5, 0.6) is 0 Å². The molecule has 2 aromatic rings. The zero-order chi connectivity index (χ0) is 15.7. The molecule has 0 bridgehead atoms. The van der Waals surface area contributed by atoms with E-state index in [9.17, 15) is 0 Å². The van der Waals surface area contributed by atoms with Crippen LogP contribution in [0.4, 0.5) is 0 Å². The van der Waals surface area contributed by atoms with Gasteiger partial charge in [-0.2, -0.15) is 0 Å². The molecular weight excluding hydrogens is 280 g/mol. The smallest absolute Gasteiger partial charge is 0.138 e. The third kappa shape index (κ3) is 2.68. The minimum absolute atomic E-state index is 0.276. The standard InChI is InChI=1S/C16H24N4O2/c1-5-21-10-14-8-17-16-12(3)19(6-7-20(14)16)9-15-11(2)18-22-13(15)4/h8,12H,5-7,9-10H2,1-4H3. The van der Waals surface area contributed by atoms with Gasteiger partial charge in [0.25, 0.3) is 0 Å². The summed E-state index contributed by atoms with van der Waals surface area (Å²) in [7, 11) is 0. The summed E-state index contributed by atoms with van der Waals surface area (Å²) in [6, 6.07) is 0.276. The first-order chi connectivity index (χ1) is 10.6. The van der Waals surface area contributed by atoms with Crippen LogP contribution in [-0.2, 0) is 24.4 Å². The highest BCUT2D eigenvalue weighted by molar-refractivity contribution is 5.21. The Hall–Kier alpha value is -1.66. The van der Waals surface area contributed by atoms with E-state index in [1.807, 2.05) is 27.0 Å². The van der Waals surface area contributed by atoms with Crippen molar-refractivity contribution in [2.24, 2.45) is 0 Å². The van der Waals surface area contributed by atoms with Gasteiger partial charge in [0.15, 0.2) is 0 Å². The van der Waals surface area contributed by atoms with E-state index in [4.69, 9.17) is 9.26 Å². The number of fused-ring (bicyclic) bond motifs is 1. The summed E-state index contributed by atoms with van der Waals surface area (Å²) in [5.74, 6) is 2.03. The van der Waals surface area contributed by atoms with Gasteiger partial charge in [-0.05, 0) is 27.7 Å². The van der Waals surface area contributed by atoms with Crippen molar-refractivity contribution in [3.63, 3.8) is 0 Å². The molecule has 1 aliphatic heterocycles. The second-order valence-electron chi connectivity index (χ2n) is 5.85. The number of rotatable bonds is 5. The van der Waals surface area contributed by atoms with E-state index < -0.39 is 0 Å². The predicted octanol–water partition coefficient (Wildman–Crippen LogP) is 2.60. The monoisotopic (exact) mass is 304 g/mol. The lowest BCUT2D eigenvalue weighted by atomic mass is 10.1. The van der Waals surface area contributed by atoms with Gasteiger partial charge in [-0.3, -0.25) is 4.90 Å². The molecule has 120 valence electrons. The molecule has 22 heavy (non-hydrogen) atoms. The Morgan fingerprint density at radius 1 is 1.36 bits per heavy atom. The van der Waals surface area contributed by atoms with Gasteiger partial charge >= 0.3 is 0 Å². The summed E-state index contributed by atoms with van der Waals surface area (Å²) in [5, 5.41) is 4.05. The van der Waals surface area contributed by atoms with Crippen LogP contribution in [0.15, 0.2) is 10.7 Å². The van der Waals surface area contributed by atoms with E-state index in [0.29, 0.717) is 6.61 Å². The average molecular weight is 304 g/mol. The molecule has 0 N–H and O–H groups in total. The Balaban J connectivity index is 1.77. The highest BCUT2D eigenvalue weighted by Crippen LogP contribution is 2.28. The van der Waals surface area contributed by atoms with Crippen LogP contribution in [0.3, 0.4) is 0 Å². The number of ether oxygens (including phenoxy) is 1. The van der Waals surface area contributed by atoms with Crippen LogP contribution in [0.2, 0.25) is 0 Å². The fourth-order valence-electron chi connectivity index (χ4n) is 3.07. The van der Waals surface area contributed by atoms with E-state index >= 15 is 0 Å². The Morgan fingerprint density at radius 2 is 2.18 bits per heavy atom. The molecule has 0 aliphatic carbocycles. The summed E-state index contributed by atoms with van der Waals surface area (Å²) >= 11 is 0. The van der Waals surface area contributed by atoms with E-state index in [1.54, 1.807) is 0 Å². The Bertz CT molecular complexity index is 627. The lowest BCUT2D eigenvalue weighted by Crippen LogP contribution is -2.37. The van der Waals surface area contributed by atoms with Crippen molar-refractivity contribution in [2.75, 3.05) is 13.2 Å². The van der Waals surface area contributed by atoms with Crippen molar-refractivity contribution in [1.29, 1.82) is 0 Å². The number of aromatic nitrogens is 3. The Morgan fingerprint density at radius 3 is 2.86 bits per heavy atom. The average Bonchev–Trinajstić information content (AvgIpc) is 3.06. The number of imidazole rings is 1. The molecular formula is C16H24N4O2. The minimum atomic E-state index is 0.276. The van der Waals surface area contributed by atoms with Gasteiger partial charge < -0.3 is 13.8 Å². The molecule has 0 saturated carbocycles. The van der Waals surface area contributed by atoms with Gasteiger partial charge in [0.05, 0.1) is 30.2 Å². The third-order valence-corrected chi connectivity index (χ3v) is 4.50. The summed E-state index contributed by atoms with van der Waals surface area (Å²) in [5.41, 5.74) is 3.35. The van der Waals surface area contributed by atoms with Gasteiger partial charge in [0.2, 0.25) is 0 Å². The van der Waals surface area contributed by atoms with Crippen LogP contribution < -0.4 is 0 Å². The van der Waals surface area contributed by atoms with Crippen molar-refractivity contribution >= 4 is 0 Å². The van der Waals surface area contributed by atoms with Crippen LogP contribution in [0.1, 0.15) is 48.4 Å². The quantitative estimate of drug-likeness (QED) is 0.850. The van der Waals surface area contributed by atoms with Crippen LogP contribution >= 0.6 is 0 Å². The van der Waals surface area contributed by atoms with E-state index in [2.05, 4.69) is 26.5 Å². The molecule has 0 saturated heterocycles. The maximum atomic E-state index is 5.53. The minimum Gasteiger partial charge on any atom is -0.375 e. The maximum absolute atomic E-state index is 5.53. The maximum Gasteiger partial charge on any atom is 0.138 e. The molecule has 0 amide bonds. The number of nitrogens with zero attached hydrogens (tertiary/aromatic N) is 4. The zero-order valence-corrected chi connectivity index (χ0v) is 13.8. The van der Waals surface area contributed by atoms with Gasteiger partial charge in [0, 0.05) is 31.8 Å². The second kappa shape index (κ2) is 6.22. The van der Waals surface area contributed by atoms with E-state index in [-0.39, 0.29) is 6.04 Å². The molecule has 6 heteroatoms. The fourth-order valence-corrected chi connectivity index (χ4v) is 3.07. The van der Waals surface area contributed by atoms with Gasteiger partial charge in [-0.1, -0.05) is 5.16 Å². The lowest BCUT2D eigenvalue weighted by molar-refractivity contribution is 0.119. The first-order valence-electron chi connectivity index (χ1n) is 7.89. The molecule has 1 aliphatic rings. The van der Waals surface area contributed by atoms with Gasteiger partial charge in [0.1, 0.15) is 11.6 Å². The molecule has 2 aromatic heterocycles. The molecule has 3 heterocycles. The summed E-state index contributed by atoms with van der Waals surface area (Å²) in [6.07, 6.45) is 1.95. The Kier molecular flexibility index (Phi) is 4.31. The van der Waals surface area contributed by atoms with Gasteiger partial charge in [-0.15, -0.1) is 0 Å². The topological polar surface area (TPSA) is 56.3 Å². The first kappa shape index (κ1) is 15.2.